The van der Waals surface area contributed by atoms with Gasteiger partial charge in [-0.3, -0.25) is 4.79 Å². The summed E-state index contributed by atoms with van der Waals surface area (Å²) >= 11 is 0. The third-order valence-electron chi connectivity index (χ3n) is 3.55. The molecule has 1 amide bonds. The largest absolute Gasteiger partial charge is 0.497 e. The molecule has 0 unspecified atom stereocenters. The monoisotopic (exact) mass is 332 g/mol. The van der Waals surface area contributed by atoms with Gasteiger partial charge in [0, 0.05) is 25.1 Å². The van der Waals surface area contributed by atoms with Crippen LogP contribution in [0.25, 0.3) is 0 Å². The average molecular weight is 332 g/mol. The number of amides is 1. The van der Waals surface area contributed by atoms with Crippen LogP contribution in [-0.2, 0) is 16.0 Å². The molecule has 5 N–H and O–H groups in total. The van der Waals surface area contributed by atoms with Crippen LogP contribution in [0, 0.1) is 0 Å². The number of hydrogen-bond donors (Lipinski definition) is 4. The van der Waals surface area contributed by atoms with Crippen molar-refractivity contribution in [2.24, 2.45) is 5.73 Å². The predicted molar refractivity (Wildman–Crippen MR) is 86.4 cm³/mol. The van der Waals surface area contributed by atoms with Gasteiger partial charge in [0.25, 0.3) is 0 Å². The molecule has 0 saturated carbocycles. The van der Waals surface area contributed by atoms with Crippen molar-refractivity contribution < 1.29 is 19.4 Å². The number of ether oxygens (including phenoxy) is 1. The number of carboxylic acid groups (broad SMARTS) is 1. The number of rotatable bonds is 8. The predicted octanol–water partition coefficient (Wildman–Crippen LogP) is 0.620. The van der Waals surface area contributed by atoms with E-state index in [1.807, 2.05) is 0 Å². The molecule has 1 heterocycles. The van der Waals surface area contributed by atoms with Crippen molar-refractivity contribution in [3.05, 3.63) is 48.0 Å². The van der Waals surface area contributed by atoms with Gasteiger partial charge in [0.05, 0.1) is 19.1 Å². The van der Waals surface area contributed by atoms with Crippen LogP contribution in [0.4, 0.5) is 0 Å². The fourth-order valence-electron chi connectivity index (χ4n) is 2.23. The van der Waals surface area contributed by atoms with Gasteiger partial charge < -0.3 is 25.9 Å². The Morgan fingerprint density at radius 2 is 2.08 bits per heavy atom. The molecule has 0 bridgehead atoms. The number of H-pyrrole nitrogens is 1. The fraction of sp³-hybridized carbons (Fsp3) is 0.312. The first kappa shape index (κ1) is 17.5. The van der Waals surface area contributed by atoms with Gasteiger partial charge in [-0.15, -0.1) is 0 Å². The molecule has 2 atom stereocenters. The zero-order chi connectivity index (χ0) is 17.5. The molecule has 0 aliphatic carbocycles. The van der Waals surface area contributed by atoms with Gasteiger partial charge in [-0.25, -0.2) is 9.78 Å². The Labute approximate surface area is 139 Å². The lowest BCUT2D eigenvalue weighted by molar-refractivity contribution is -0.141. The van der Waals surface area contributed by atoms with Crippen LogP contribution >= 0.6 is 0 Å². The van der Waals surface area contributed by atoms with Crippen molar-refractivity contribution in [2.75, 3.05) is 7.11 Å². The van der Waals surface area contributed by atoms with Gasteiger partial charge in [-0.05, 0) is 17.7 Å². The van der Waals surface area contributed by atoms with Crippen molar-refractivity contribution in [1.29, 1.82) is 0 Å². The Kier molecular flexibility index (Phi) is 5.91. The summed E-state index contributed by atoms with van der Waals surface area (Å²) in [7, 11) is 1.56. The standard InChI is InChI=1S/C16H20N4O4/c1-24-12-4-2-10(3-5-12)13(17)7-15(21)20-14(16(22)23)6-11-8-18-9-19-11/h2-5,8-9,13-14H,6-7,17H2,1H3,(H,18,19)(H,20,21)(H,22,23)/t13-,14+/m0/s1. The maximum atomic E-state index is 12.1. The highest BCUT2D eigenvalue weighted by molar-refractivity contribution is 5.84. The number of aromatic nitrogens is 2. The molecule has 1 aromatic heterocycles. The number of carboxylic acids is 1. The third kappa shape index (κ3) is 4.82. The van der Waals surface area contributed by atoms with E-state index in [1.54, 1.807) is 37.6 Å². The van der Waals surface area contributed by atoms with E-state index >= 15 is 0 Å². The van der Waals surface area contributed by atoms with E-state index < -0.39 is 24.0 Å². The number of benzene rings is 1. The van der Waals surface area contributed by atoms with Crippen molar-refractivity contribution >= 4 is 11.9 Å². The molecular formula is C16H20N4O4. The minimum absolute atomic E-state index is 0.0172. The number of hydrogen-bond acceptors (Lipinski definition) is 5. The number of aliphatic carboxylic acids is 1. The molecule has 0 fully saturated rings. The molecule has 0 saturated heterocycles. The van der Waals surface area contributed by atoms with Gasteiger partial charge in [0.2, 0.25) is 5.91 Å². The van der Waals surface area contributed by atoms with Crippen LogP contribution in [0.15, 0.2) is 36.8 Å². The minimum atomic E-state index is -1.12. The molecule has 8 heteroatoms. The fourth-order valence-corrected chi connectivity index (χ4v) is 2.23. The van der Waals surface area contributed by atoms with Crippen molar-refractivity contribution in [3.8, 4) is 5.75 Å². The van der Waals surface area contributed by atoms with E-state index in [0.717, 1.165) is 5.56 Å². The molecular weight excluding hydrogens is 312 g/mol. The molecule has 0 aliphatic rings. The summed E-state index contributed by atoms with van der Waals surface area (Å²) in [6.07, 6.45) is 3.12. The van der Waals surface area contributed by atoms with Gasteiger partial charge in [0.15, 0.2) is 0 Å². The van der Waals surface area contributed by atoms with Gasteiger partial charge in [0.1, 0.15) is 11.8 Å². The van der Waals surface area contributed by atoms with Gasteiger partial charge >= 0.3 is 5.97 Å². The number of methoxy groups -OCH3 is 1. The van der Waals surface area contributed by atoms with Gasteiger partial charge in [-0.1, -0.05) is 12.1 Å². The highest BCUT2D eigenvalue weighted by atomic mass is 16.5. The smallest absolute Gasteiger partial charge is 0.326 e. The van der Waals surface area contributed by atoms with Crippen LogP contribution in [0.5, 0.6) is 5.75 Å². The molecule has 24 heavy (non-hydrogen) atoms. The summed E-state index contributed by atoms with van der Waals surface area (Å²) in [6, 6.07) is 5.47. The van der Waals surface area contributed by atoms with Gasteiger partial charge in [-0.2, -0.15) is 0 Å². The van der Waals surface area contributed by atoms with Crippen LogP contribution in [0.2, 0.25) is 0 Å². The summed E-state index contributed by atoms with van der Waals surface area (Å²) < 4.78 is 5.07. The second kappa shape index (κ2) is 8.11. The third-order valence-corrected chi connectivity index (χ3v) is 3.55. The highest BCUT2D eigenvalue weighted by Crippen LogP contribution is 2.18. The zero-order valence-corrected chi connectivity index (χ0v) is 13.2. The molecule has 1 aromatic carbocycles. The Morgan fingerprint density at radius 3 is 2.62 bits per heavy atom. The first-order chi connectivity index (χ1) is 11.5. The van der Waals surface area contributed by atoms with Crippen molar-refractivity contribution in [2.45, 2.75) is 24.9 Å². The Balaban J connectivity index is 1.93. The normalized spacial score (nSPS) is 13.1. The lowest BCUT2D eigenvalue weighted by Gasteiger charge is -2.16. The summed E-state index contributed by atoms with van der Waals surface area (Å²) in [5.74, 6) is -0.856. The number of nitrogens with zero attached hydrogens (tertiary/aromatic N) is 1. The number of aromatic amines is 1. The molecule has 0 aliphatic heterocycles. The number of carbonyl (C=O) groups excluding carboxylic acids is 1. The lowest BCUT2D eigenvalue weighted by Crippen LogP contribution is -2.43. The van der Waals surface area contributed by atoms with E-state index in [9.17, 15) is 14.7 Å². The SMILES string of the molecule is COc1ccc([C@@H](N)CC(=O)N[C@H](Cc2c[nH]cn2)C(=O)O)cc1. The van der Waals surface area contributed by atoms with E-state index in [2.05, 4.69) is 15.3 Å². The molecule has 128 valence electrons. The number of carbonyl (C=O) groups is 2. The minimum Gasteiger partial charge on any atom is -0.497 e. The summed E-state index contributed by atoms with van der Waals surface area (Å²) in [6.45, 7) is 0. The quantitative estimate of drug-likeness (QED) is 0.560. The van der Waals surface area contributed by atoms with E-state index in [1.165, 1.54) is 6.33 Å². The van der Waals surface area contributed by atoms with Crippen LogP contribution in [0.1, 0.15) is 23.7 Å². The summed E-state index contributed by atoms with van der Waals surface area (Å²) in [5.41, 5.74) is 7.34. The summed E-state index contributed by atoms with van der Waals surface area (Å²) in [5, 5.41) is 11.7. The average Bonchev–Trinajstić information content (AvgIpc) is 3.07. The van der Waals surface area contributed by atoms with E-state index in [0.29, 0.717) is 11.4 Å². The molecule has 0 radical (unpaired) electrons. The first-order valence-electron chi connectivity index (χ1n) is 7.39. The highest BCUT2D eigenvalue weighted by Gasteiger charge is 2.22. The van der Waals surface area contributed by atoms with Crippen molar-refractivity contribution in [3.63, 3.8) is 0 Å². The van der Waals surface area contributed by atoms with E-state index in [4.69, 9.17) is 10.5 Å². The number of nitrogens with one attached hydrogen (secondary N) is 2. The Hall–Kier alpha value is -2.87. The number of imidazole rings is 1. The van der Waals surface area contributed by atoms with Crippen molar-refractivity contribution in [1.82, 2.24) is 15.3 Å². The van der Waals surface area contributed by atoms with Crippen LogP contribution in [-0.4, -0.2) is 40.1 Å². The number of nitrogens with two attached hydrogens (primary N) is 1. The van der Waals surface area contributed by atoms with E-state index in [-0.39, 0.29) is 12.8 Å². The zero-order valence-electron chi connectivity index (χ0n) is 13.2. The van der Waals surface area contributed by atoms with Crippen LogP contribution < -0.4 is 15.8 Å². The Bertz CT molecular complexity index is 670. The summed E-state index contributed by atoms with van der Waals surface area (Å²) in [4.78, 5) is 30.1. The maximum absolute atomic E-state index is 12.1. The topological polar surface area (TPSA) is 130 Å². The van der Waals surface area contributed by atoms with Crippen LogP contribution in [0.3, 0.4) is 0 Å². The molecule has 0 spiro atoms. The first-order valence-corrected chi connectivity index (χ1v) is 7.39. The maximum Gasteiger partial charge on any atom is 0.326 e. The second-order valence-electron chi connectivity index (χ2n) is 5.31. The second-order valence-corrected chi connectivity index (χ2v) is 5.31. The molecule has 2 aromatic rings. The molecule has 8 nitrogen and oxygen atoms in total. The Morgan fingerprint density at radius 1 is 1.38 bits per heavy atom. The molecule has 2 rings (SSSR count). The lowest BCUT2D eigenvalue weighted by atomic mass is 10.0.